The molecule has 0 atom stereocenters. The van der Waals surface area contributed by atoms with Gasteiger partial charge in [0.2, 0.25) is 0 Å². The van der Waals surface area contributed by atoms with Crippen LogP contribution in [0.3, 0.4) is 0 Å². The van der Waals surface area contributed by atoms with Gasteiger partial charge in [0.1, 0.15) is 17.8 Å². The third-order valence-electron chi connectivity index (χ3n) is 2.53. The van der Waals surface area contributed by atoms with E-state index in [1.165, 1.54) is 22.2 Å². The Bertz CT molecular complexity index is 630. The summed E-state index contributed by atoms with van der Waals surface area (Å²) in [4.78, 5) is 23.8. The molecule has 0 bridgehead atoms. The van der Waals surface area contributed by atoms with Gasteiger partial charge >= 0.3 is 0 Å². The van der Waals surface area contributed by atoms with Crippen LogP contribution in [0.5, 0.6) is 0 Å². The Labute approximate surface area is 124 Å². The second kappa shape index (κ2) is 6.02. The molecule has 0 spiro atoms. The lowest BCUT2D eigenvalue weighted by Crippen LogP contribution is -2.43. The number of thiophene rings is 1. The number of carbonyl (C=O) groups excluding carboxylic acids is 2. The fourth-order valence-electron chi connectivity index (χ4n) is 1.44. The zero-order valence-electron chi connectivity index (χ0n) is 11.5. The average molecular weight is 309 g/mol. The highest BCUT2D eigenvalue weighted by Gasteiger charge is 2.20. The highest BCUT2D eigenvalue weighted by Crippen LogP contribution is 2.15. The van der Waals surface area contributed by atoms with Gasteiger partial charge in [0.05, 0.1) is 11.1 Å². The number of hydrogen-bond acceptors (Lipinski definition) is 6. The van der Waals surface area contributed by atoms with Crippen LogP contribution in [-0.4, -0.2) is 31.9 Å². The summed E-state index contributed by atoms with van der Waals surface area (Å²) < 4.78 is 1.28. The Balaban J connectivity index is 1.85. The molecule has 0 saturated carbocycles. The third-order valence-corrected chi connectivity index (χ3v) is 3.40. The van der Waals surface area contributed by atoms with Gasteiger partial charge in [-0.25, -0.2) is 4.68 Å². The van der Waals surface area contributed by atoms with Crippen molar-refractivity contribution in [2.45, 2.75) is 26.0 Å². The SMILES string of the molecule is CC(C)(O)c1cn(CC(=O)NNC(=O)c2cccs2)nn1. The number of nitrogens with one attached hydrogen (secondary N) is 2. The molecule has 0 aliphatic heterocycles. The first-order valence-corrected chi connectivity index (χ1v) is 7.00. The van der Waals surface area contributed by atoms with Crippen molar-refractivity contribution in [2.24, 2.45) is 0 Å². The highest BCUT2D eigenvalue weighted by molar-refractivity contribution is 7.12. The molecule has 0 saturated heterocycles. The summed E-state index contributed by atoms with van der Waals surface area (Å²) in [6.45, 7) is 3.03. The first-order valence-electron chi connectivity index (χ1n) is 6.12. The maximum atomic E-state index is 11.7. The van der Waals surface area contributed by atoms with E-state index < -0.39 is 11.5 Å². The summed E-state index contributed by atoms with van der Waals surface area (Å²) in [7, 11) is 0. The number of nitrogens with zero attached hydrogens (tertiary/aromatic N) is 3. The minimum atomic E-state index is -1.12. The maximum Gasteiger partial charge on any atom is 0.279 e. The summed E-state index contributed by atoms with van der Waals surface area (Å²) >= 11 is 1.27. The summed E-state index contributed by atoms with van der Waals surface area (Å²) in [5.74, 6) is -0.832. The van der Waals surface area contributed by atoms with E-state index in [1.807, 2.05) is 0 Å². The van der Waals surface area contributed by atoms with Crippen LogP contribution >= 0.6 is 11.3 Å². The molecule has 21 heavy (non-hydrogen) atoms. The number of aromatic nitrogens is 3. The lowest BCUT2D eigenvalue weighted by molar-refractivity contribution is -0.122. The number of hydrazine groups is 1. The second-order valence-corrected chi connectivity index (χ2v) is 5.79. The van der Waals surface area contributed by atoms with Crippen molar-refractivity contribution >= 4 is 23.2 Å². The Morgan fingerprint density at radius 1 is 1.43 bits per heavy atom. The van der Waals surface area contributed by atoms with Crippen molar-refractivity contribution in [3.8, 4) is 0 Å². The molecule has 0 unspecified atom stereocenters. The molecule has 2 aromatic rings. The highest BCUT2D eigenvalue weighted by atomic mass is 32.1. The standard InChI is InChI=1S/C12H15N5O3S/c1-12(2,20)9-6-17(16-13-9)7-10(18)14-15-11(19)8-4-3-5-21-8/h3-6,20H,7H2,1-2H3,(H,14,18)(H,15,19). The molecule has 2 rings (SSSR count). The molecular formula is C12H15N5O3S. The van der Waals surface area contributed by atoms with E-state index in [0.29, 0.717) is 10.6 Å². The minimum absolute atomic E-state index is 0.117. The molecule has 8 nitrogen and oxygen atoms in total. The van der Waals surface area contributed by atoms with Crippen molar-refractivity contribution < 1.29 is 14.7 Å². The fraction of sp³-hybridized carbons (Fsp3) is 0.333. The van der Waals surface area contributed by atoms with Gasteiger partial charge in [-0.2, -0.15) is 0 Å². The van der Waals surface area contributed by atoms with Gasteiger partial charge in [-0.3, -0.25) is 20.4 Å². The van der Waals surface area contributed by atoms with Crippen LogP contribution in [0, 0.1) is 0 Å². The Hall–Kier alpha value is -2.26. The molecule has 0 aliphatic carbocycles. The van der Waals surface area contributed by atoms with Crippen LogP contribution in [-0.2, 0) is 16.9 Å². The molecule has 0 radical (unpaired) electrons. The van der Waals surface area contributed by atoms with Crippen LogP contribution in [0.25, 0.3) is 0 Å². The van der Waals surface area contributed by atoms with Gasteiger partial charge in [0.15, 0.2) is 0 Å². The molecule has 9 heteroatoms. The topological polar surface area (TPSA) is 109 Å². The number of carbonyl (C=O) groups is 2. The predicted molar refractivity (Wildman–Crippen MR) is 75.2 cm³/mol. The maximum absolute atomic E-state index is 11.7. The first kappa shape index (κ1) is 15.1. The normalized spacial score (nSPS) is 11.2. The van der Waals surface area contributed by atoms with E-state index in [9.17, 15) is 14.7 Å². The Morgan fingerprint density at radius 2 is 2.19 bits per heavy atom. The van der Waals surface area contributed by atoms with Crippen molar-refractivity contribution in [2.75, 3.05) is 0 Å². The molecule has 112 valence electrons. The fourth-order valence-corrected chi connectivity index (χ4v) is 2.06. The van der Waals surface area contributed by atoms with Crippen LogP contribution in [0.1, 0.15) is 29.2 Å². The minimum Gasteiger partial charge on any atom is -0.384 e. The van der Waals surface area contributed by atoms with E-state index in [4.69, 9.17) is 0 Å². The Kier molecular flexibility index (Phi) is 4.34. The molecule has 2 heterocycles. The van der Waals surface area contributed by atoms with Gasteiger partial charge in [0.25, 0.3) is 11.8 Å². The van der Waals surface area contributed by atoms with Crippen molar-refractivity contribution in [1.82, 2.24) is 25.8 Å². The van der Waals surface area contributed by atoms with Crippen molar-refractivity contribution in [1.29, 1.82) is 0 Å². The summed E-state index contributed by atoms with van der Waals surface area (Å²) in [5, 5.41) is 19.0. The lowest BCUT2D eigenvalue weighted by Gasteiger charge is -2.11. The molecule has 0 fully saturated rings. The zero-order valence-corrected chi connectivity index (χ0v) is 12.3. The first-order chi connectivity index (χ1) is 9.86. The van der Waals surface area contributed by atoms with E-state index >= 15 is 0 Å². The molecule has 3 N–H and O–H groups in total. The molecule has 0 aliphatic rings. The van der Waals surface area contributed by atoms with Crippen LogP contribution in [0.2, 0.25) is 0 Å². The van der Waals surface area contributed by atoms with Gasteiger partial charge < -0.3 is 5.11 Å². The van der Waals surface area contributed by atoms with Crippen molar-refractivity contribution in [3.05, 3.63) is 34.3 Å². The average Bonchev–Trinajstić information content (AvgIpc) is 3.05. The van der Waals surface area contributed by atoms with Crippen LogP contribution in [0.15, 0.2) is 23.7 Å². The van der Waals surface area contributed by atoms with E-state index in [1.54, 1.807) is 31.4 Å². The number of amides is 2. The van der Waals surface area contributed by atoms with Gasteiger partial charge in [-0.1, -0.05) is 11.3 Å². The number of hydrogen-bond donors (Lipinski definition) is 3. The van der Waals surface area contributed by atoms with Gasteiger partial charge in [0, 0.05) is 0 Å². The zero-order chi connectivity index (χ0) is 15.5. The van der Waals surface area contributed by atoms with E-state index in [2.05, 4.69) is 21.2 Å². The predicted octanol–water partition coefficient (Wildman–Crippen LogP) is 0.0282. The van der Waals surface area contributed by atoms with Crippen molar-refractivity contribution in [3.63, 3.8) is 0 Å². The number of aliphatic hydroxyl groups is 1. The lowest BCUT2D eigenvalue weighted by atomic mass is 10.1. The van der Waals surface area contributed by atoms with Gasteiger partial charge in [-0.15, -0.1) is 16.4 Å². The third kappa shape index (κ3) is 4.10. The molecular weight excluding hydrogens is 294 g/mol. The van der Waals surface area contributed by atoms with Crippen LogP contribution < -0.4 is 10.9 Å². The van der Waals surface area contributed by atoms with Crippen LogP contribution in [0.4, 0.5) is 0 Å². The summed E-state index contributed by atoms with van der Waals surface area (Å²) in [6, 6.07) is 3.40. The summed E-state index contributed by atoms with van der Waals surface area (Å²) in [6.07, 6.45) is 1.47. The molecule has 2 amide bonds. The Morgan fingerprint density at radius 3 is 2.76 bits per heavy atom. The summed E-state index contributed by atoms with van der Waals surface area (Å²) in [5.41, 5.74) is 3.82. The largest absolute Gasteiger partial charge is 0.384 e. The number of rotatable bonds is 4. The quantitative estimate of drug-likeness (QED) is 0.690. The molecule has 0 aromatic carbocycles. The smallest absolute Gasteiger partial charge is 0.279 e. The monoisotopic (exact) mass is 309 g/mol. The van der Waals surface area contributed by atoms with Gasteiger partial charge in [-0.05, 0) is 25.3 Å². The van der Waals surface area contributed by atoms with E-state index in [-0.39, 0.29) is 12.5 Å². The second-order valence-electron chi connectivity index (χ2n) is 4.84. The molecule has 2 aromatic heterocycles. The van der Waals surface area contributed by atoms with E-state index in [0.717, 1.165) is 0 Å².